The minimum Gasteiger partial charge on any atom is -0.355 e. The maximum absolute atomic E-state index is 12.3. The molecule has 108 valence electrons. The molecule has 0 radical (unpaired) electrons. The summed E-state index contributed by atoms with van der Waals surface area (Å²) in [6.07, 6.45) is 4.05. The first-order chi connectivity index (χ1) is 9.54. The quantitative estimate of drug-likeness (QED) is 0.942. The molecule has 0 atom stereocenters. The second-order valence-electron chi connectivity index (χ2n) is 5.05. The van der Waals surface area contributed by atoms with Crippen molar-refractivity contribution in [3.05, 3.63) is 23.9 Å². The van der Waals surface area contributed by atoms with E-state index in [2.05, 4.69) is 9.88 Å². The Balaban J connectivity index is 1.81. The third kappa shape index (κ3) is 2.79. The van der Waals surface area contributed by atoms with Gasteiger partial charge >= 0.3 is 0 Å². The Morgan fingerprint density at radius 1 is 1.35 bits per heavy atom. The summed E-state index contributed by atoms with van der Waals surface area (Å²) in [5, 5.41) is 3.81. The highest BCUT2D eigenvalue weighted by Gasteiger charge is 2.24. The van der Waals surface area contributed by atoms with Gasteiger partial charge in [-0.15, -0.1) is 11.3 Å². The largest absolute Gasteiger partial charge is 0.355 e. The Hall–Kier alpha value is -1.18. The van der Waals surface area contributed by atoms with Crippen molar-refractivity contribution < 1.29 is 12.9 Å². The topological polar surface area (TPSA) is 72.2 Å². The summed E-state index contributed by atoms with van der Waals surface area (Å²) in [5.74, 6) is 0.606. The van der Waals surface area contributed by atoms with Crippen LogP contribution in [0.2, 0.25) is 0 Å². The summed E-state index contributed by atoms with van der Waals surface area (Å²) in [4.78, 5) is 0.775. The normalized spacial score (nSPS) is 16.9. The summed E-state index contributed by atoms with van der Waals surface area (Å²) in [5.41, 5.74) is 0.780. The molecule has 1 fully saturated rings. The van der Waals surface area contributed by atoms with Gasteiger partial charge in [0.05, 0.1) is 10.6 Å². The van der Waals surface area contributed by atoms with E-state index in [0.29, 0.717) is 9.97 Å². The average molecular weight is 312 g/mol. The van der Waals surface area contributed by atoms with Gasteiger partial charge in [0, 0.05) is 12.1 Å². The predicted molar refractivity (Wildman–Crippen MR) is 77.1 cm³/mol. The fraction of sp³-hybridized carbons (Fsp3) is 0.462. The van der Waals surface area contributed by atoms with E-state index in [1.807, 2.05) is 6.92 Å². The van der Waals surface area contributed by atoms with Gasteiger partial charge < -0.3 is 4.52 Å². The zero-order chi connectivity index (χ0) is 14.2. The van der Waals surface area contributed by atoms with Crippen LogP contribution in [-0.2, 0) is 10.0 Å². The van der Waals surface area contributed by atoms with Gasteiger partial charge in [-0.3, -0.25) is 0 Å². The summed E-state index contributed by atoms with van der Waals surface area (Å²) in [6.45, 7) is 1.83. The van der Waals surface area contributed by atoms with Crippen molar-refractivity contribution in [3.63, 3.8) is 0 Å². The molecule has 0 spiro atoms. The molecular weight excluding hydrogens is 296 g/mol. The lowest BCUT2D eigenvalue weighted by Crippen LogP contribution is -2.32. The van der Waals surface area contributed by atoms with Crippen LogP contribution in [0.3, 0.4) is 0 Å². The molecule has 0 aromatic carbocycles. The number of sulfonamides is 1. The van der Waals surface area contributed by atoms with E-state index < -0.39 is 10.0 Å². The number of aromatic nitrogens is 1. The third-order valence-electron chi connectivity index (χ3n) is 3.39. The molecule has 1 saturated carbocycles. The number of nitrogens with one attached hydrogen (secondary N) is 1. The Bertz CT molecular complexity index is 697. The Kier molecular flexibility index (Phi) is 3.66. The summed E-state index contributed by atoms with van der Waals surface area (Å²) in [7, 11) is -3.42. The Morgan fingerprint density at radius 3 is 2.75 bits per heavy atom. The minimum absolute atomic E-state index is 0.0815. The van der Waals surface area contributed by atoms with Gasteiger partial charge in [-0.2, -0.15) is 0 Å². The maximum Gasteiger partial charge on any atom is 0.250 e. The van der Waals surface area contributed by atoms with Crippen molar-refractivity contribution >= 4 is 21.4 Å². The van der Waals surface area contributed by atoms with Crippen LogP contribution < -0.4 is 4.72 Å². The first kappa shape index (κ1) is 13.8. The van der Waals surface area contributed by atoms with E-state index in [-0.39, 0.29) is 6.04 Å². The molecule has 0 aliphatic heterocycles. The van der Waals surface area contributed by atoms with Crippen LogP contribution in [0, 0.1) is 6.92 Å². The fourth-order valence-corrected chi connectivity index (χ4v) is 4.97. The van der Waals surface area contributed by atoms with Crippen molar-refractivity contribution in [1.29, 1.82) is 0 Å². The minimum atomic E-state index is -3.42. The van der Waals surface area contributed by atoms with Crippen LogP contribution in [0.15, 0.2) is 26.9 Å². The second-order valence-corrected chi connectivity index (χ2v) is 8.08. The molecule has 7 heteroatoms. The maximum atomic E-state index is 12.3. The van der Waals surface area contributed by atoms with E-state index in [0.717, 1.165) is 36.3 Å². The molecule has 0 unspecified atom stereocenters. The fourth-order valence-electron chi connectivity index (χ4n) is 2.40. The molecule has 1 N–H and O–H groups in total. The number of aryl methyl sites for hydroxylation is 1. The first-order valence-corrected chi connectivity index (χ1v) is 8.90. The van der Waals surface area contributed by atoms with Crippen LogP contribution in [0.5, 0.6) is 0 Å². The van der Waals surface area contributed by atoms with Crippen molar-refractivity contribution in [2.24, 2.45) is 0 Å². The molecule has 1 aliphatic rings. The van der Waals surface area contributed by atoms with Gasteiger partial charge in [-0.05, 0) is 31.9 Å². The van der Waals surface area contributed by atoms with Gasteiger partial charge in [0.2, 0.25) is 10.0 Å². The Labute approximate surface area is 122 Å². The summed E-state index contributed by atoms with van der Waals surface area (Å²) in [6, 6.07) is 5.26. The molecule has 5 nitrogen and oxygen atoms in total. The average Bonchev–Trinajstić information content (AvgIpc) is 3.07. The molecule has 2 heterocycles. The van der Waals surface area contributed by atoms with Crippen LogP contribution in [0.4, 0.5) is 0 Å². The SMILES string of the molecule is Cc1cc(-c2ccc(S(=O)(=O)NC3CCCC3)s2)on1. The molecule has 0 bridgehead atoms. The lowest BCUT2D eigenvalue weighted by Gasteiger charge is -2.10. The lowest BCUT2D eigenvalue weighted by molar-refractivity contribution is 0.428. The number of thiophene rings is 1. The van der Waals surface area contributed by atoms with E-state index in [9.17, 15) is 8.42 Å². The molecular formula is C13H16N2O3S2. The smallest absolute Gasteiger partial charge is 0.250 e. The molecule has 1 aliphatic carbocycles. The number of hydrogen-bond acceptors (Lipinski definition) is 5. The molecule has 2 aromatic rings. The Morgan fingerprint density at radius 2 is 2.10 bits per heavy atom. The molecule has 0 amide bonds. The second kappa shape index (κ2) is 5.31. The van der Waals surface area contributed by atoms with Crippen molar-refractivity contribution in [3.8, 4) is 10.6 Å². The number of rotatable bonds is 4. The van der Waals surface area contributed by atoms with Crippen LogP contribution in [0.25, 0.3) is 10.6 Å². The van der Waals surface area contributed by atoms with E-state index in [4.69, 9.17) is 4.52 Å². The lowest BCUT2D eigenvalue weighted by atomic mass is 10.3. The predicted octanol–water partition coefficient (Wildman–Crippen LogP) is 2.93. The van der Waals surface area contributed by atoms with Crippen LogP contribution >= 0.6 is 11.3 Å². The first-order valence-electron chi connectivity index (χ1n) is 6.60. The highest BCUT2D eigenvalue weighted by atomic mass is 32.2. The monoisotopic (exact) mass is 312 g/mol. The highest BCUT2D eigenvalue weighted by Crippen LogP contribution is 2.31. The van der Waals surface area contributed by atoms with Crippen molar-refractivity contribution in [1.82, 2.24) is 9.88 Å². The van der Waals surface area contributed by atoms with Gasteiger partial charge in [0.25, 0.3) is 0 Å². The number of hydrogen-bond donors (Lipinski definition) is 1. The van der Waals surface area contributed by atoms with Crippen LogP contribution in [0.1, 0.15) is 31.4 Å². The van der Waals surface area contributed by atoms with E-state index in [1.165, 1.54) is 11.3 Å². The zero-order valence-electron chi connectivity index (χ0n) is 11.1. The standard InChI is InChI=1S/C13H16N2O3S2/c1-9-8-11(18-14-9)12-6-7-13(19-12)20(16,17)15-10-4-2-3-5-10/h6-8,10,15H,2-5H2,1H3. The van der Waals surface area contributed by atoms with Gasteiger partial charge in [-0.25, -0.2) is 13.1 Å². The van der Waals surface area contributed by atoms with Crippen molar-refractivity contribution in [2.45, 2.75) is 42.9 Å². The molecule has 2 aromatic heterocycles. The van der Waals surface area contributed by atoms with Gasteiger partial charge in [-0.1, -0.05) is 18.0 Å². The summed E-state index contributed by atoms with van der Waals surface area (Å²) >= 11 is 1.21. The molecule has 20 heavy (non-hydrogen) atoms. The van der Waals surface area contributed by atoms with Crippen LogP contribution in [-0.4, -0.2) is 19.6 Å². The third-order valence-corrected chi connectivity index (χ3v) is 6.51. The van der Waals surface area contributed by atoms with E-state index >= 15 is 0 Å². The van der Waals surface area contributed by atoms with Gasteiger partial charge in [0.15, 0.2) is 5.76 Å². The van der Waals surface area contributed by atoms with E-state index in [1.54, 1.807) is 18.2 Å². The molecule has 3 rings (SSSR count). The number of nitrogens with zero attached hydrogens (tertiary/aromatic N) is 1. The highest BCUT2D eigenvalue weighted by molar-refractivity contribution is 7.91. The van der Waals surface area contributed by atoms with Crippen molar-refractivity contribution in [2.75, 3.05) is 0 Å². The zero-order valence-corrected chi connectivity index (χ0v) is 12.8. The molecule has 0 saturated heterocycles. The summed E-state index contributed by atoms with van der Waals surface area (Å²) < 4.78 is 32.8. The van der Waals surface area contributed by atoms with Gasteiger partial charge in [0.1, 0.15) is 4.21 Å².